The maximum Gasteiger partial charge on any atom is 0.417 e. The molecule has 2 aromatic carbocycles. The van der Waals surface area contributed by atoms with Crippen molar-refractivity contribution in [2.45, 2.75) is 19.0 Å². The number of nitrogens with zero attached hydrogens (tertiary/aromatic N) is 1. The van der Waals surface area contributed by atoms with Crippen molar-refractivity contribution in [3.63, 3.8) is 0 Å². The number of alkyl halides is 3. The monoisotopic (exact) mass is 449 g/mol. The molecular weight excluding hydrogens is 435 g/mol. The summed E-state index contributed by atoms with van der Waals surface area (Å²) in [5, 5.41) is 8.54. The Kier molecular flexibility index (Phi) is 6.60. The molecule has 0 bridgehead atoms. The Hall–Kier alpha value is -3.39. The predicted octanol–water partition coefficient (Wildman–Crippen LogP) is 5.60. The lowest BCUT2D eigenvalue weighted by molar-refractivity contribution is -0.137. The molecule has 0 fully saturated rings. The molecule has 0 aliphatic rings. The van der Waals surface area contributed by atoms with Crippen LogP contribution >= 0.6 is 11.6 Å². The highest BCUT2D eigenvalue weighted by atomic mass is 35.5. The molecule has 3 aromatic rings. The first-order valence-corrected chi connectivity index (χ1v) is 9.33. The van der Waals surface area contributed by atoms with Crippen LogP contribution in [0.4, 0.5) is 13.2 Å². The molecule has 160 valence electrons. The molecule has 31 heavy (non-hydrogen) atoms. The van der Waals surface area contributed by atoms with Gasteiger partial charge in [0.05, 0.1) is 10.6 Å². The van der Waals surface area contributed by atoms with Crippen molar-refractivity contribution < 1.29 is 32.6 Å². The molecule has 0 amide bonds. The van der Waals surface area contributed by atoms with Crippen molar-refractivity contribution >= 4 is 23.4 Å². The highest BCUT2D eigenvalue weighted by Gasteiger charge is 2.33. The molecule has 3 rings (SSSR count). The van der Waals surface area contributed by atoms with E-state index in [4.69, 9.17) is 21.4 Å². The van der Waals surface area contributed by atoms with Gasteiger partial charge >= 0.3 is 12.1 Å². The van der Waals surface area contributed by atoms with Gasteiger partial charge in [0.15, 0.2) is 5.69 Å². The molecule has 0 saturated heterocycles. The number of carboxylic acid groups (broad SMARTS) is 1. The minimum Gasteiger partial charge on any atom is -0.477 e. The minimum absolute atomic E-state index is 0.0304. The molecule has 1 aromatic heterocycles. The maximum atomic E-state index is 13.0. The van der Waals surface area contributed by atoms with Crippen LogP contribution < -0.4 is 4.74 Å². The summed E-state index contributed by atoms with van der Waals surface area (Å²) < 4.78 is 44.4. The zero-order valence-corrected chi connectivity index (χ0v) is 16.6. The van der Waals surface area contributed by atoms with Gasteiger partial charge in [-0.25, -0.2) is 9.78 Å². The SMILES string of the molecule is O=C(Cc1ccc(Oc2ccnc(C(=O)O)c2)cc1)Cc1ccc(Cl)c(C(F)(F)F)c1. The number of rotatable bonds is 7. The van der Waals surface area contributed by atoms with E-state index in [1.807, 2.05) is 0 Å². The van der Waals surface area contributed by atoms with Crippen molar-refractivity contribution in [2.24, 2.45) is 0 Å². The topological polar surface area (TPSA) is 76.5 Å². The van der Waals surface area contributed by atoms with Gasteiger partial charge in [-0.1, -0.05) is 29.8 Å². The van der Waals surface area contributed by atoms with Crippen LogP contribution in [0.25, 0.3) is 0 Å². The smallest absolute Gasteiger partial charge is 0.417 e. The third-order valence-electron chi connectivity index (χ3n) is 4.25. The molecule has 0 radical (unpaired) electrons. The molecule has 5 nitrogen and oxygen atoms in total. The van der Waals surface area contributed by atoms with Gasteiger partial charge in [-0.05, 0) is 41.5 Å². The van der Waals surface area contributed by atoms with Crippen LogP contribution in [0.1, 0.15) is 27.2 Å². The number of aromatic nitrogens is 1. The quantitative estimate of drug-likeness (QED) is 0.508. The van der Waals surface area contributed by atoms with Crippen molar-refractivity contribution in [1.82, 2.24) is 4.98 Å². The van der Waals surface area contributed by atoms with E-state index in [9.17, 15) is 22.8 Å². The summed E-state index contributed by atoms with van der Waals surface area (Å²) in [6.45, 7) is 0. The van der Waals surface area contributed by atoms with Gasteiger partial charge in [-0.2, -0.15) is 13.2 Å². The van der Waals surface area contributed by atoms with Gasteiger partial charge in [0.1, 0.15) is 17.3 Å². The number of benzene rings is 2. The standard InChI is InChI=1S/C22H15ClF3NO4/c23-19-6-3-14(11-18(19)22(24,25)26)10-15(28)9-13-1-4-16(5-2-13)31-17-7-8-27-20(12-17)21(29)30/h1-8,11-12H,9-10H2,(H,29,30). The lowest BCUT2D eigenvalue weighted by atomic mass is 10.0. The molecule has 0 aliphatic carbocycles. The van der Waals surface area contributed by atoms with E-state index in [0.717, 1.165) is 12.1 Å². The second kappa shape index (κ2) is 9.18. The highest BCUT2D eigenvalue weighted by molar-refractivity contribution is 6.31. The van der Waals surface area contributed by atoms with Crippen molar-refractivity contribution in [3.8, 4) is 11.5 Å². The average molecular weight is 450 g/mol. The van der Waals surface area contributed by atoms with E-state index in [0.29, 0.717) is 17.1 Å². The predicted molar refractivity (Wildman–Crippen MR) is 107 cm³/mol. The first-order valence-electron chi connectivity index (χ1n) is 8.95. The minimum atomic E-state index is -4.59. The van der Waals surface area contributed by atoms with E-state index in [1.54, 1.807) is 24.3 Å². The number of halogens is 4. The Bertz CT molecular complexity index is 1110. The summed E-state index contributed by atoms with van der Waals surface area (Å²) >= 11 is 5.59. The Labute approximate surface area is 180 Å². The molecule has 0 spiro atoms. The number of Topliss-reactive ketones (excluding diaryl/α,β-unsaturated/α-hetero) is 1. The summed E-state index contributed by atoms with van der Waals surface area (Å²) in [7, 11) is 0. The molecule has 1 heterocycles. The van der Waals surface area contributed by atoms with Crippen LogP contribution in [-0.4, -0.2) is 21.8 Å². The summed E-state index contributed by atoms with van der Waals surface area (Å²) in [4.78, 5) is 27.0. The fraction of sp³-hybridized carbons (Fsp3) is 0.136. The van der Waals surface area contributed by atoms with Crippen molar-refractivity contribution in [2.75, 3.05) is 0 Å². The zero-order chi connectivity index (χ0) is 22.6. The first kappa shape index (κ1) is 22.3. The molecule has 0 atom stereocenters. The summed E-state index contributed by atoms with van der Waals surface area (Å²) in [6.07, 6.45) is -3.41. The molecule has 0 aliphatic heterocycles. The number of hydrogen-bond acceptors (Lipinski definition) is 4. The molecule has 0 saturated carbocycles. The zero-order valence-electron chi connectivity index (χ0n) is 15.8. The fourth-order valence-electron chi connectivity index (χ4n) is 2.82. The van der Waals surface area contributed by atoms with Gasteiger partial charge in [0, 0.05) is 25.1 Å². The maximum absolute atomic E-state index is 13.0. The number of carbonyl (C=O) groups excluding carboxylic acids is 1. The van der Waals surface area contributed by atoms with E-state index in [1.165, 1.54) is 24.4 Å². The van der Waals surface area contributed by atoms with E-state index in [-0.39, 0.29) is 29.9 Å². The van der Waals surface area contributed by atoms with Crippen LogP contribution in [0.2, 0.25) is 5.02 Å². The number of pyridine rings is 1. The molecule has 9 heteroatoms. The number of hydrogen-bond donors (Lipinski definition) is 1. The van der Waals surface area contributed by atoms with E-state index >= 15 is 0 Å². The summed E-state index contributed by atoms with van der Waals surface area (Å²) in [5.41, 5.74) is -0.240. The Morgan fingerprint density at radius 3 is 2.23 bits per heavy atom. The second-order valence-electron chi connectivity index (χ2n) is 6.63. The van der Waals surface area contributed by atoms with Crippen molar-refractivity contribution in [3.05, 3.63) is 88.2 Å². The highest BCUT2D eigenvalue weighted by Crippen LogP contribution is 2.35. The second-order valence-corrected chi connectivity index (χ2v) is 7.04. The third-order valence-corrected chi connectivity index (χ3v) is 4.58. The molecular formula is C22H15ClF3NO4. The van der Waals surface area contributed by atoms with E-state index < -0.39 is 22.7 Å². The van der Waals surface area contributed by atoms with Gasteiger partial charge < -0.3 is 9.84 Å². The Balaban J connectivity index is 1.63. The van der Waals surface area contributed by atoms with Gasteiger partial charge in [-0.3, -0.25) is 4.79 Å². The van der Waals surface area contributed by atoms with Crippen LogP contribution in [-0.2, 0) is 23.8 Å². The summed E-state index contributed by atoms with van der Waals surface area (Å²) in [6, 6.07) is 12.7. The van der Waals surface area contributed by atoms with Crippen molar-refractivity contribution in [1.29, 1.82) is 0 Å². The number of ketones is 1. The third kappa shape index (κ3) is 6.05. The number of carbonyl (C=O) groups is 2. The Morgan fingerprint density at radius 1 is 0.935 bits per heavy atom. The fourth-order valence-corrected chi connectivity index (χ4v) is 3.05. The number of aromatic carboxylic acids is 1. The molecule has 1 N–H and O–H groups in total. The summed E-state index contributed by atoms with van der Waals surface area (Å²) in [5.74, 6) is -0.725. The molecule has 0 unspecified atom stereocenters. The lowest BCUT2D eigenvalue weighted by Crippen LogP contribution is -2.10. The average Bonchev–Trinajstić information content (AvgIpc) is 2.70. The van der Waals surface area contributed by atoms with Crippen LogP contribution in [0.5, 0.6) is 11.5 Å². The van der Waals surface area contributed by atoms with Crippen LogP contribution in [0, 0.1) is 0 Å². The lowest BCUT2D eigenvalue weighted by Gasteiger charge is -2.11. The van der Waals surface area contributed by atoms with Gasteiger partial charge in [0.25, 0.3) is 0 Å². The Morgan fingerprint density at radius 2 is 1.58 bits per heavy atom. The van der Waals surface area contributed by atoms with Crippen LogP contribution in [0.15, 0.2) is 60.8 Å². The number of ether oxygens (including phenoxy) is 1. The van der Waals surface area contributed by atoms with Gasteiger partial charge in [-0.15, -0.1) is 0 Å². The normalized spacial score (nSPS) is 11.2. The first-order chi connectivity index (χ1) is 14.6. The number of carboxylic acids is 1. The largest absolute Gasteiger partial charge is 0.477 e. The van der Waals surface area contributed by atoms with Gasteiger partial charge in [0.2, 0.25) is 0 Å². The van der Waals surface area contributed by atoms with Crippen LogP contribution in [0.3, 0.4) is 0 Å². The van der Waals surface area contributed by atoms with E-state index in [2.05, 4.69) is 4.98 Å².